The third-order valence-corrected chi connectivity index (χ3v) is 6.45. The van der Waals surface area contributed by atoms with E-state index in [1.165, 1.54) is 0 Å². The summed E-state index contributed by atoms with van der Waals surface area (Å²) in [4.78, 5) is 27.9. The molecule has 35 heavy (non-hydrogen) atoms. The molecule has 3 aromatic heterocycles. The van der Waals surface area contributed by atoms with Crippen molar-refractivity contribution >= 4 is 39.9 Å². The molecule has 2 N–H and O–H groups in total. The predicted molar refractivity (Wildman–Crippen MR) is 134 cm³/mol. The highest BCUT2D eigenvalue weighted by molar-refractivity contribution is 6.31. The van der Waals surface area contributed by atoms with E-state index in [0.717, 1.165) is 38.8 Å². The molecule has 0 bridgehead atoms. The van der Waals surface area contributed by atoms with Crippen LogP contribution >= 0.6 is 11.6 Å². The summed E-state index contributed by atoms with van der Waals surface area (Å²) in [5.41, 5.74) is 5.82. The van der Waals surface area contributed by atoms with E-state index < -0.39 is 0 Å². The molecule has 0 fully saturated rings. The summed E-state index contributed by atoms with van der Waals surface area (Å²) in [5.74, 6) is 1.35. The summed E-state index contributed by atoms with van der Waals surface area (Å²) in [7, 11) is 0. The molecule has 0 unspecified atom stereocenters. The lowest BCUT2D eigenvalue weighted by atomic mass is 10.1. The number of benzene rings is 2. The zero-order valence-electron chi connectivity index (χ0n) is 18.6. The van der Waals surface area contributed by atoms with E-state index in [-0.39, 0.29) is 12.3 Å². The van der Waals surface area contributed by atoms with Crippen LogP contribution in [0.4, 0.5) is 11.5 Å². The molecule has 1 amide bonds. The number of carbonyl (C=O) groups excluding carboxylic acids is 1. The van der Waals surface area contributed by atoms with E-state index >= 15 is 0 Å². The van der Waals surface area contributed by atoms with E-state index in [4.69, 9.17) is 16.6 Å². The van der Waals surface area contributed by atoms with Crippen molar-refractivity contribution in [2.75, 3.05) is 5.32 Å². The molecule has 9 heteroatoms. The van der Waals surface area contributed by atoms with Crippen molar-refractivity contribution < 1.29 is 4.79 Å². The van der Waals surface area contributed by atoms with Crippen LogP contribution in [0.25, 0.3) is 22.3 Å². The van der Waals surface area contributed by atoms with Crippen molar-refractivity contribution in [3.05, 3.63) is 95.0 Å². The number of amides is 1. The van der Waals surface area contributed by atoms with Gasteiger partial charge in [0.05, 0.1) is 23.2 Å². The van der Waals surface area contributed by atoms with Gasteiger partial charge in [0, 0.05) is 48.3 Å². The van der Waals surface area contributed by atoms with Gasteiger partial charge in [0.1, 0.15) is 5.82 Å². The van der Waals surface area contributed by atoms with Crippen molar-refractivity contribution in [2.45, 2.75) is 19.5 Å². The maximum Gasteiger partial charge on any atom is 0.227 e. The summed E-state index contributed by atoms with van der Waals surface area (Å²) in [6.45, 7) is 1.13. The van der Waals surface area contributed by atoms with E-state index in [1.54, 1.807) is 30.9 Å². The first-order valence-corrected chi connectivity index (χ1v) is 11.5. The number of carbonyl (C=O) groups is 1. The van der Waals surface area contributed by atoms with E-state index in [1.807, 2.05) is 41.3 Å². The SMILES string of the molecule is O=C(Cc1ccncc1Cl)N1Cc2ccc(-c3nccc(Nc4ccc5[nH]ncc5c4)n3)cc2C1. The number of hydrogen-bond donors (Lipinski definition) is 2. The molecule has 0 aliphatic carbocycles. The molecule has 0 radical (unpaired) electrons. The zero-order chi connectivity index (χ0) is 23.8. The van der Waals surface area contributed by atoms with Gasteiger partial charge in [-0.2, -0.15) is 5.10 Å². The van der Waals surface area contributed by atoms with Crippen LogP contribution in [0.2, 0.25) is 5.02 Å². The van der Waals surface area contributed by atoms with Gasteiger partial charge in [-0.25, -0.2) is 9.97 Å². The van der Waals surface area contributed by atoms with Crippen LogP contribution in [0.1, 0.15) is 16.7 Å². The van der Waals surface area contributed by atoms with Crippen LogP contribution in [0.3, 0.4) is 0 Å². The third kappa shape index (κ3) is 4.31. The fraction of sp³-hybridized carbons (Fsp3) is 0.115. The normalized spacial score (nSPS) is 12.7. The monoisotopic (exact) mass is 481 g/mol. The second kappa shape index (κ2) is 8.81. The molecule has 0 saturated carbocycles. The first-order chi connectivity index (χ1) is 17.1. The number of halogens is 1. The van der Waals surface area contributed by atoms with E-state index in [2.05, 4.69) is 31.5 Å². The lowest BCUT2D eigenvalue weighted by molar-refractivity contribution is -0.131. The maximum absolute atomic E-state index is 12.9. The minimum absolute atomic E-state index is 0.0351. The number of H-pyrrole nitrogens is 1. The van der Waals surface area contributed by atoms with Crippen molar-refractivity contribution in [1.82, 2.24) is 30.0 Å². The van der Waals surface area contributed by atoms with Crippen LogP contribution in [0.5, 0.6) is 0 Å². The highest BCUT2D eigenvalue weighted by atomic mass is 35.5. The molecule has 0 atom stereocenters. The van der Waals surface area contributed by atoms with Gasteiger partial charge in [0.15, 0.2) is 5.82 Å². The van der Waals surface area contributed by atoms with E-state index in [0.29, 0.717) is 29.8 Å². The molecule has 2 aromatic carbocycles. The van der Waals surface area contributed by atoms with Crippen LogP contribution < -0.4 is 5.32 Å². The van der Waals surface area contributed by atoms with Gasteiger partial charge in [-0.3, -0.25) is 14.9 Å². The minimum atomic E-state index is 0.0351. The molecule has 1 aliphatic heterocycles. The minimum Gasteiger partial charge on any atom is -0.340 e. The Labute approximate surface area is 206 Å². The number of anilines is 2. The van der Waals surface area contributed by atoms with Crippen LogP contribution in [0, 0.1) is 0 Å². The molecule has 5 aromatic rings. The number of nitrogens with one attached hydrogen (secondary N) is 2. The average Bonchev–Trinajstić information content (AvgIpc) is 3.52. The fourth-order valence-corrected chi connectivity index (χ4v) is 4.45. The van der Waals surface area contributed by atoms with Gasteiger partial charge in [-0.1, -0.05) is 23.7 Å². The number of rotatable bonds is 5. The summed E-state index contributed by atoms with van der Waals surface area (Å²) in [6.07, 6.45) is 6.99. The lowest BCUT2D eigenvalue weighted by Gasteiger charge is -2.15. The Morgan fingerprint density at radius 1 is 1.03 bits per heavy atom. The number of aromatic amines is 1. The van der Waals surface area contributed by atoms with Gasteiger partial charge < -0.3 is 10.2 Å². The van der Waals surface area contributed by atoms with Crippen molar-refractivity contribution in [2.24, 2.45) is 0 Å². The summed E-state index contributed by atoms with van der Waals surface area (Å²) in [6, 6.07) is 15.7. The molecule has 172 valence electrons. The van der Waals surface area contributed by atoms with E-state index in [9.17, 15) is 4.79 Å². The Bertz CT molecular complexity index is 1560. The maximum atomic E-state index is 12.9. The number of fused-ring (bicyclic) bond motifs is 2. The van der Waals surface area contributed by atoms with Crippen LogP contribution in [-0.2, 0) is 24.3 Å². The number of hydrogen-bond acceptors (Lipinski definition) is 6. The average molecular weight is 482 g/mol. The standard InChI is InChI=1S/C26H20ClN7O/c27-22-13-28-7-5-16(22)11-25(35)34-14-18-2-1-17(9-20(18)15-34)26-29-8-6-24(32-26)31-21-3-4-23-19(10-21)12-30-33-23/h1-10,12-13H,11,14-15H2,(H,30,33)(H,29,31,32). The second-order valence-electron chi connectivity index (χ2n) is 8.44. The smallest absolute Gasteiger partial charge is 0.227 e. The Morgan fingerprint density at radius 3 is 2.86 bits per heavy atom. The first-order valence-electron chi connectivity index (χ1n) is 11.1. The number of nitrogens with zero attached hydrogens (tertiary/aromatic N) is 5. The van der Waals surface area contributed by atoms with Gasteiger partial charge in [-0.15, -0.1) is 0 Å². The molecular weight excluding hydrogens is 462 g/mol. The Hall–Kier alpha value is -4.30. The zero-order valence-corrected chi connectivity index (χ0v) is 19.3. The molecule has 0 spiro atoms. The number of aromatic nitrogens is 5. The summed E-state index contributed by atoms with van der Waals surface area (Å²) in [5, 5.41) is 11.9. The molecule has 6 rings (SSSR count). The summed E-state index contributed by atoms with van der Waals surface area (Å²) >= 11 is 6.18. The third-order valence-electron chi connectivity index (χ3n) is 6.11. The van der Waals surface area contributed by atoms with Gasteiger partial charge in [-0.05, 0) is 53.1 Å². The summed E-state index contributed by atoms with van der Waals surface area (Å²) < 4.78 is 0. The van der Waals surface area contributed by atoms with Crippen LogP contribution in [-0.4, -0.2) is 36.0 Å². The van der Waals surface area contributed by atoms with Crippen molar-refractivity contribution in [3.63, 3.8) is 0 Å². The first kappa shape index (κ1) is 21.2. The van der Waals surface area contributed by atoms with Crippen molar-refractivity contribution in [1.29, 1.82) is 0 Å². The lowest BCUT2D eigenvalue weighted by Crippen LogP contribution is -2.27. The largest absolute Gasteiger partial charge is 0.340 e. The van der Waals surface area contributed by atoms with Gasteiger partial charge in [0.25, 0.3) is 0 Å². The Balaban J connectivity index is 1.18. The van der Waals surface area contributed by atoms with Gasteiger partial charge in [0.2, 0.25) is 5.91 Å². The molecule has 0 saturated heterocycles. The Morgan fingerprint density at radius 2 is 1.94 bits per heavy atom. The van der Waals surface area contributed by atoms with Crippen LogP contribution in [0.15, 0.2) is 73.3 Å². The molecule has 4 heterocycles. The second-order valence-corrected chi connectivity index (χ2v) is 8.85. The van der Waals surface area contributed by atoms with Crippen molar-refractivity contribution in [3.8, 4) is 11.4 Å². The topological polar surface area (TPSA) is 99.7 Å². The highest BCUT2D eigenvalue weighted by Crippen LogP contribution is 2.29. The number of pyridine rings is 1. The fourth-order valence-electron chi connectivity index (χ4n) is 4.27. The molecular formula is C26H20ClN7O. The molecule has 1 aliphatic rings. The molecule has 8 nitrogen and oxygen atoms in total. The highest BCUT2D eigenvalue weighted by Gasteiger charge is 2.24. The Kier molecular flexibility index (Phi) is 5.35. The quantitative estimate of drug-likeness (QED) is 0.370. The predicted octanol–water partition coefficient (Wildman–Crippen LogP) is 4.90. The van der Waals surface area contributed by atoms with Gasteiger partial charge >= 0.3 is 0 Å².